The Kier molecular flexibility index (Phi) is 4.85. The predicted octanol–water partition coefficient (Wildman–Crippen LogP) is 1.66. The van der Waals surface area contributed by atoms with Gasteiger partial charge in [0.05, 0.1) is 24.7 Å². The number of likely N-dealkylation sites (tertiary alicyclic amines) is 1. The molecule has 0 spiro atoms. The fourth-order valence-electron chi connectivity index (χ4n) is 3.54. The molecule has 1 unspecified atom stereocenters. The van der Waals surface area contributed by atoms with Crippen LogP contribution in [0.2, 0.25) is 0 Å². The van der Waals surface area contributed by atoms with Crippen LogP contribution in [-0.4, -0.2) is 70.0 Å². The van der Waals surface area contributed by atoms with Gasteiger partial charge in [0.2, 0.25) is 5.91 Å². The number of nitrogens with zero attached hydrogens (tertiary/aromatic N) is 4. The first-order valence-corrected chi connectivity index (χ1v) is 8.46. The summed E-state index contributed by atoms with van der Waals surface area (Å²) in [7, 11) is 0. The minimum absolute atomic E-state index is 0.00664. The second-order valence-electron chi connectivity index (χ2n) is 6.69. The highest BCUT2D eigenvalue weighted by molar-refractivity contribution is 5.80. The second kappa shape index (κ2) is 6.81. The van der Waals surface area contributed by atoms with Gasteiger partial charge in [-0.05, 0) is 20.3 Å². The Morgan fingerprint density at radius 2 is 2.04 bits per heavy atom. The first-order valence-electron chi connectivity index (χ1n) is 8.46. The van der Waals surface area contributed by atoms with Gasteiger partial charge in [0.1, 0.15) is 13.2 Å². The third kappa shape index (κ3) is 3.78. The van der Waals surface area contributed by atoms with E-state index in [1.807, 2.05) is 0 Å². The van der Waals surface area contributed by atoms with Gasteiger partial charge >= 0.3 is 12.3 Å². The molecule has 7 nitrogen and oxygen atoms in total. The highest BCUT2D eigenvalue weighted by Crippen LogP contribution is 2.23. The standard InChI is InChI=1S/C16H21F3N4O3/c1-10-13(11(2)23(20-10)9-16(17,18)19)7-14(24)21-4-3-12(8-21)22-5-6-26-15(22)25/h12H,3-9H2,1-2H3. The van der Waals surface area contributed by atoms with E-state index in [0.29, 0.717) is 49.6 Å². The van der Waals surface area contributed by atoms with Crippen LogP contribution in [0, 0.1) is 13.8 Å². The van der Waals surface area contributed by atoms with Crippen molar-refractivity contribution < 1.29 is 27.5 Å². The topological polar surface area (TPSA) is 67.7 Å². The Morgan fingerprint density at radius 3 is 2.65 bits per heavy atom. The van der Waals surface area contributed by atoms with E-state index >= 15 is 0 Å². The summed E-state index contributed by atoms with van der Waals surface area (Å²) in [6.45, 7) is 3.80. The number of hydrogen-bond acceptors (Lipinski definition) is 4. The van der Waals surface area contributed by atoms with E-state index in [0.717, 1.165) is 4.68 Å². The van der Waals surface area contributed by atoms with Crippen LogP contribution < -0.4 is 0 Å². The van der Waals surface area contributed by atoms with Crippen LogP contribution in [-0.2, 0) is 22.5 Å². The smallest absolute Gasteiger partial charge is 0.410 e. The molecule has 144 valence electrons. The van der Waals surface area contributed by atoms with E-state index in [9.17, 15) is 22.8 Å². The Hall–Kier alpha value is -2.26. The van der Waals surface area contributed by atoms with E-state index in [2.05, 4.69) is 5.10 Å². The molecule has 2 fully saturated rings. The number of halogens is 3. The van der Waals surface area contributed by atoms with Gasteiger partial charge in [-0.15, -0.1) is 0 Å². The highest BCUT2D eigenvalue weighted by Gasteiger charge is 2.36. The molecule has 2 aliphatic rings. The van der Waals surface area contributed by atoms with Gasteiger partial charge in [-0.1, -0.05) is 0 Å². The maximum absolute atomic E-state index is 12.6. The predicted molar refractivity (Wildman–Crippen MR) is 84.5 cm³/mol. The van der Waals surface area contributed by atoms with Crippen LogP contribution in [0.25, 0.3) is 0 Å². The molecule has 3 heterocycles. The Morgan fingerprint density at radius 1 is 1.31 bits per heavy atom. The largest absolute Gasteiger partial charge is 0.448 e. The number of ether oxygens (including phenoxy) is 1. The minimum Gasteiger partial charge on any atom is -0.448 e. The molecule has 0 aliphatic carbocycles. The maximum atomic E-state index is 12.6. The number of cyclic esters (lactones) is 1. The van der Waals surface area contributed by atoms with E-state index < -0.39 is 12.7 Å². The molecule has 0 N–H and O–H groups in total. The Bertz CT molecular complexity index is 716. The fourth-order valence-corrected chi connectivity index (χ4v) is 3.54. The van der Waals surface area contributed by atoms with Crippen molar-refractivity contribution >= 4 is 12.0 Å². The van der Waals surface area contributed by atoms with Gasteiger partial charge in [0, 0.05) is 24.3 Å². The fraction of sp³-hybridized carbons (Fsp3) is 0.688. The number of hydrogen-bond donors (Lipinski definition) is 0. The summed E-state index contributed by atoms with van der Waals surface area (Å²) in [5, 5.41) is 3.92. The molecule has 10 heteroatoms. The molecule has 0 saturated carbocycles. The summed E-state index contributed by atoms with van der Waals surface area (Å²) in [6.07, 6.45) is -4.04. The summed E-state index contributed by atoms with van der Waals surface area (Å²) in [4.78, 5) is 27.5. The number of carbonyl (C=O) groups is 2. The minimum atomic E-state index is -4.36. The van der Waals surface area contributed by atoms with Crippen molar-refractivity contribution in [3.63, 3.8) is 0 Å². The number of alkyl halides is 3. The average molecular weight is 374 g/mol. The first-order chi connectivity index (χ1) is 12.2. The van der Waals surface area contributed by atoms with Crippen LogP contribution in [0.15, 0.2) is 0 Å². The van der Waals surface area contributed by atoms with Crippen LogP contribution in [0.4, 0.5) is 18.0 Å². The second-order valence-corrected chi connectivity index (χ2v) is 6.69. The number of aromatic nitrogens is 2. The molecule has 26 heavy (non-hydrogen) atoms. The van der Waals surface area contributed by atoms with E-state index in [4.69, 9.17) is 4.74 Å². The zero-order valence-corrected chi connectivity index (χ0v) is 14.7. The Labute approximate surface area is 148 Å². The lowest BCUT2D eigenvalue weighted by molar-refractivity contribution is -0.143. The Balaban J connectivity index is 1.64. The molecule has 2 amide bonds. The summed E-state index contributed by atoms with van der Waals surface area (Å²) < 4.78 is 43.7. The molecule has 2 saturated heterocycles. The van der Waals surface area contributed by atoms with Gasteiger partial charge in [0.25, 0.3) is 0 Å². The zero-order valence-electron chi connectivity index (χ0n) is 14.7. The SMILES string of the molecule is Cc1nn(CC(F)(F)F)c(C)c1CC(=O)N1CCC(N2CCOC2=O)C1. The average Bonchev–Trinajstić information content (AvgIpc) is 3.22. The normalized spacial score (nSPS) is 20.8. The van der Waals surface area contributed by atoms with Gasteiger partial charge in [-0.3, -0.25) is 14.4 Å². The van der Waals surface area contributed by atoms with Crippen molar-refractivity contribution in [2.45, 2.75) is 45.5 Å². The molecule has 1 aromatic heterocycles. The lowest BCUT2D eigenvalue weighted by Crippen LogP contribution is -2.39. The van der Waals surface area contributed by atoms with Gasteiger partial charge in [0.15, 0.2) is 0 Å². The van der Waals surface area contributed by atoms with Crippen LogP contribution in [0.5, 0.6) is 0 Å². The van der Waals surface area contributed by atoms with Crippen LogP contribution in [0.1, 0.15) is 23.4 Å². The van der Waals surface area contributed by atoms with Crippen molar-refractivity contribution in [1.29, 1.82) is 0 Å². The molecule has 3 rings (SSSR count). The third-order valence-corrected chi connectivity index (χ3v) is 4.94. The van der Waals surface area contributed by atoms with Gasteiger partial charge < -0.3 is 9.64 Å². The monoisotopic (exact) mass is 374 g/mol. The third-order valence-electron chi connectivity index (χ3n) is 4.94. The first kappa shape index (κ1) is 18.5. The quantitative estimate of drug-likeness (QED) is 0.804. The molecular weight excluding hydrogens is 353 g/mol. The summed E-state index contributed by atoms with van der Waals surface area (Å²) in [6, 6.07) is -0.0657. The molecule has 1 atom stereocenters. The van der Waals surface area contributed by atoms with Crippen LogP contribution >= 0.6 is 0 Å². The lowest BCUT2D eigenvalue weighted by Gasteiger charge is -2.22. The van der Waals surface area contributed by atoms with Crippen molar-refractivity contribution in [3.8, 4) is 0 Å². The highest BCUT2D eigenvalue weighted by atomic mass is 19.4. The molecular formula is C16H21F3N4O3. The number of rotatable bonds is 4. The van der Waals surface area contributed by atoms with E-state index in [1.54, 1.807) is 23.6 Å². The lowest BCUT2D eigenvalue weighted by atomic mass is 10.1. The molecule has 0 aromatic carbocycles. The molecule has 0 bridgehead atoms. The van der Waals surface area contributed by atoms with E-state index in [-0.39, 0.29) is 24.5 Å². The van der Waals surface area contributed by atoms with Gasteiger partial charge in [-0.25, -0.2) is 4.79 Å². The summed E-state index contributed by atoms with van der Waals surface area (Å²) in [5.41, 5.74) is 1.31. The van der Waals surface area contributed by atoms with Crippen molar-refractivity contribution in [2.75, 3.05) is 26.2 Å². The maximum Gasteiger partial charge on any atom is 0.410 e. The summed E-state index contributed by atoms with van der Waals surface area (Å²) >= 11 is 0. The van der Waals surface area contributed by atoms with Gasteiger partial charge in [-0.2, -0.15) is 18.3 Å². The van der Waals surface area contributed by atoms with Crippen molar-refractivity contribution in [3.05, 3.63) is 17.0 Å². The molecule has 2 aliphatic heterocycles. The number of carbonyl (C=O) groups excluding carboxylic acids is 2. The van der Waals surface area contributed by atoms with Crippen molar-refractivity contribution in [2.24, 2.45) is 0 Å². The number of aryl methyl sites for hydroxylation is 1. The molecule has 1 aromatic rings. The van der Waals surface area contributed by atoms with Crippen molar-refractivity contribution in [1.82, 2.24) is 19.6 Å². The van der Waals surface area contributed by atoms with E-state index in [1.165, 1.54) is 0 Å². The zero-order chi connectivity index (χ0) is 19.1. The number of amides is 2. The summed E-state index contributed by atoms with van der Waals surface area (Å²) in [5.74, 6) is -0.169. The molecule has 0 radical (unpaired) electrons. The van der Waals surface area contributed by atoms with Crippen LogP contribution in [0.3, 0.4) is 0 Å².